The van der Waals surface area contributed by atoms with Crippen LogP contribution in [0.15, 0.2) is 24.3 Å². The molecule has 2 rings (SSSR count). The maximum absolute atomic E-state index is 12.0. The number of halogens is 1. The van der Waals surface area contributed by atoms with Crippen molar-refractivity contribution in [1.82, 2.24) is 0 Å². The number of rotatable bonds is 3. The van der Waals surface area contributed by atoms with Crippen LogP contribution in [0.25, 0.3) is 0 Å². The summed E-state index contributed by atoms with van der Waals surface area (Å²) < 4.78 is 0. The average molecular weight is 221 g/mol. The summed E-state index contributed by atoms with van der Waals surface area (Å²) in [7, 11) is 1.94. The first-order chi connectivity index (χ1) is 7.19. The van der Waals surface area contributed by atoms with Gasteiger partial charge in [-0.3, -0.25) is 4.79 Å². The molecule has 78 valence electrons. The molecule has 1 aromatic rings. The minimum atomic E-state index is -0.181. The Morgan fingerprint density at radius 3 is 2.33 bits per heavy atom. The quantitative estimate of drug-likeness (QED) is 0.715. The molecule has 0 amide bonds. The second-order valence-electron chi connectivity index (χ2n) is 4.22. The second-order valence-corrected chi connectivity index (χ2v) is 4.66. The van der Waals surface area contributed by atoms with Gasteiger partial charge in [0.25, 0.3) is 0 Å². The average Bonchev–Trinajstić information content (AvgIpc) is 2.19. The van der Waals surface area contributed by atoms with Crippen molar-refractivity contribution in [3.63, 3.8) is 0 Å². The molecule has 0 aliphatic heterocycles. The first-order valence-electron chi connectivity index (χ1n) is 5.48. The highest BCUT2D eigenvalue weighted by Gasteiger charge is 2.43. The molecule has 0 radical (unpaired) electrons. The van der Waals surface area contributed by atoms with E-state index in [2.05, 4.69) is 0 Å². The van der Waals surface area contributed by atoms with Crippen molar-refractivity contribution in [2.75, 3.05) is 0 Å². The van der Waals surface area contributed by atoms with Crippen LogP contribution in [0.4, 0.5) is 0 Å². The fourth-order valence-corrected chi connectivity index (χ4v) is 2.49. The molecule has 1 aliphatic carbocycles. The lowest BCUT2D eigenvalue weighted by Gasteiger charge is -2.41. The Hall–Kier alpha value is -0.755. The Balaban J connectivity index is 2.34. The Morgan fingerprint density at radius 2 is 1.93 bits per heavy atom. The van der Waals surface area contributed by atoms with Crippen LogP contribution in [0.5, 0.6) is 0 Å². The van der Waals surface area contributed by atoms with Crippen molar-refractivity contribution in [3.8, 4) is 0 Å². The summed E-state index contributed by atoms with van der Waals surface area (Å²) in [5.74, 6) is 0.371. The van der Waals surface area contributed by atoms with E-state index in [4.69, 9.17) is 11.6 Å². The van der Waals surface area contributed by atoms with Gasteiger partial charge in [-0.1, -0.05) is 30.2 Å². The van der Waals surface area contributed by atoms with Crippen molar-refractivity contribution in [2.24, 2.45) is 0 Å². The predicted molar refractivity (Wildman–Crippen MR) is 65.3 cm³/mol. The molecule has 0 aromatic heterocycles. The molecule has 1 nitrogen and oxygen atoms in total. The van der Waals surface area contributed by atoms with Gasteiger partial charge in [0.15, 0.2) is 0 Å². The van der Waals surface area contributed by atoms with E-state index in [0.717, 1.165) is 29.8 Å². The van der Waals surface area contributed by atoms with Gasteiger partial charge in [0.2, 0.25) is 0 Å². The molecular formula is C12H14BClO. The highest BCUT2D eigenvalue weighted by Crippen LogP contribution is 2.45. The largest absolute Gasteiger partial charge is 0.300 e. The number of hydrogen-bond donors (Lipinski definition) is 0. The van der Waals surface area contributed by atoms with E-state index >= 15 is 0 Å². The van der Waals surface area contributed by atoms with Gasteiger partial charge in [0.05, 0.1) is 5.41 Å². The van der Waals surface area contributed by atoms with Crippen LogP contribution in [0.1, 0.15) is 24.8 Å². The Labute approximate surface area is 96.2 Å². The van der Waals surface area contributed by atoms with E-state index in [-0.39, 0.29) is 5.41 Å². The molecule has 0 spiro atoms. The number of ketones is 1. The Kier molecular flexibility index (Phi) is 2.88. The van der Waals surface area contributed by atoms with Crippen LogP contribution in [0.3, 0.4) is 0 Å². The number of benzene rings is 1. The summed E-state index contributed by atoms with van der Waals surface area (Å²) in [6.07, 6.45) is 3.79. The number of Topliss-reactive ketones (excluding diaryl/α,β-unsaturated/α-hetero) is 1. The summed E-state index contributed by atoms with van der Waals surface area (Å²) in [5.41, 5.74) is 0.962. The summed E-state index contributed by atoms with van der Waals surface area (Å²) in [6, 6.07) is 7.74. The molecule has 0 unspecified atom stereocenters. The molecule has 3 heteroatoms. The summed E-state index contributed by atoms with van der Waals surface area (Å²) in [5, 5.41) is 0.733. The van der Waals surface area contributed by atoms with Crippen LogP contribution in [-0.4, -0.2) is 13.6 Å². The molecule has 1 aromatic carbocycles. The van der Waals surface area contributed by atoms with Crippen molar-refractivity contribution in [3.05, 3.63) is 34.9 Å². The van der Waals surface area contributed by atoms with E-state index < -0.39 is 0 Å². The van der Waals surface area contributed by atoms with Gasteiger partial charge < -0.3 is 0 Å². The highest BCUT2D eigenvalue weighted by molar-refractivity contribution is 6.30. The maximum atomic E-state index is 12.0. The van der Waals surface area contributed by atoms with Crippen molar-refractivity contribution in [1.29, 1.82) is 0 Å². The van der Waals surface area contributed by atoms with Gasteiger partial charge in [-0.15, -0.1) is 0 Å². The van der Waals surface area contributed by atoms with Crippen molar-refractivity contribution < 1.29 is 4.79 Å². The molecule has 1 saturated carbocycles. The normalized spacial score (nSPS) is 18.2. The fourth-order valence-electron chi connectivity index (χ4n) is 2.37. The van der Waals surface area contributed by atoms with E-state index in [1.54, 1.807) is 0 Å². The van der Waals surface area contributed by atoms with Crippen molar-refractivity contribution >= 4 is 25.2 Å². The zero-order chi connectivity index (χ0) is 10.9. The van der Waals surface area contributed by atoms with E-state index in [1.165, 1.54) is 0 Å². The first kappa shape index (κ1) is 10.8. The SMILES string of the molecule is BCC(=O)C1(c2ccc(Cl)cc2)CCC1. The van der Waals surface area contributed by atoms with Crippen molar-refractivity contribution in [2.45, 2.75) is 31.0 Å². The van der Waals surface area contributed by atoms with Crippen LogP contribution < -0.4 is 0 Å². The molecule has 0 saturated heterocycles. The lowest BCUT2D eigenvalue weighted by atomic mass is 9.60. The summed E-state index contributed by atoms with van der Waals surface area (Å²) in [4.78, 5) is 12.0. The van der Waals surface area contributed by atoms with Gasteiger partial charge in [-0.05, 0) is 36.9 Å². The van der Waals surface area contributed by atoms with Gasteiger partial charge in [-0.25, -0.2) is 0 Å². The van der Waals surface area contributed by atoms with E-state index in [1.807, 2.05) is 32.1 Å². The van der Waals surface area contributed by atoms with Gasteiger partial charge in [-0.2, -0.15) is 0 Å². The van der Waals surface area contributed by atoms with Crippen LogP contribution >= 0.6 is 11.6 Å². The molecule has 15 heavy (non-hydrogen) atoms. The Morgan fingerprint density at radius 1 is 1.33 bits per heavy atom. The summed E-state index contributed by atoms with van der Waals surface area (Å²) in [6.45, 7) is 0. The molecule has 1 fully saturated rings. The highest BCUT2D eigenvalue weighted by atomic mass is 35.5. The number of hydrogen-bond acceptors (Lipinski definition) is 1. The lowest BCUT2D eigenvalue weighted by Crippen LogP contribution is -2.42. The van der Waals surface area contributed by atoms with E-state index in [9.17, 15) is 4.79 Å². The van der Waals surface area contributed by atoms with Crippen LogP contribution in [0, 0.1) is 0 Å². The zero-order valence-corrected chi connectivity index (χ0v) is 9.68. The molecular weight excluding hydrogens is 206 g/mol. The third-order valence-electron chi connectivity index (χ3n) is 3.46. The summed E-state index contributed by atoms with van der Waals surface area (Å²) >= 11 is 5.85. The molecule has 1 aliphatic rings. The molecule has 0 atom stereocenters. The third-order valence-corrected chi connectivity index (χ3v) is 3.71. The minimum Gasteiger partial charge on any atom is -0.300 e. The lowest BCUT2D eigenvalue weighted by molar-refractivity contribution is -0.125. The maximum Gasteiger partial charge on any atom is 0.135 e. The van der Waals surface area contributed by atoms with Gasteiger partial charge in [0.1, 0.15) is 13.6 Å². The Bertz CT molecular complexity index is 368. The van der Waals surface area contributed by atoms with Gasteiger partial charge in [0, 0.05) is 5.02 Å². The molecule has 0 heterocycles. The fraction of sp³-hybridized carbons (Fsp3) is 0.417. The first-order valence-corrected chi connectivity index (χ1v) is 5.86. The third kappa shape index (κ3) is 1.72. The van der Waals surface area contributed by atoms with Gasteiger partial charge >= 0.3 is 0 Å². The van der Waals surface area contributed by atoms with E-state index in [0.29, 0.717) is 12.1 Å². The molecule has 0 N–H and O–H groups in total. The van der Waals surface area contributed by atoms with Crippen LogP contribution in [-0.2, 0) is 10.2 Å². The smallest absolute Gasteiger partial charge is 0.135 e. The second kappa shape index (κ2) is 4.01. The minimum absolute atomic E-state index is 0.181. The monoisotopic (exact) mass is 220 g/mol. The number of carbonyl (C=O) groups excluding carboxylic acids is 1. The molecule has 0 bridgehead atoms. The van der Waals surface area contributed by atoms with Crippen LogP contribution in [0.2, 0.25) is 11.3 Å². The zero-order valence-electron chi connectivity index (χ0n) is 8.92. The standard InChI is InChI=1S/C12H14BClO/c13-8-11(15)12(6-1-7-12)9-2-4-10(14)5-3-9/h2-5H,1,6-8,13H2. The predicted octanol–water partition coefficient (Wildman–Crippen LogP) is 2.38. The topological polar surface area (TPSA) is 17.1 Å². The number of carbonyl (C=O) groups is 1.